The molecule has 0 unspecified atom stereocenters. The first-order chi connectivity index (χ1) is 10.0. The molecule has 1 saturated carbocycles. The van der Waals surface area contributed by atoms with Gasteiger partial charge < -0.3 is 15.8 Å². The first-order valence-corrected chi connectivity index (χ1v) is 7.08. The Bertz CT molecular complexity index is 488. The SMILES string of the molecule is NCC1(NC(=O)Cc2ccccc2OC(F)F)CCCC1. The second-order valence-corrected chi connectivity index (χ2v) is 5.40. The van der Waals surface area contributed by atoms with E-state index in [0.29, 0.717) is 12.1 Å². The number of alkyl halides is 2. The predicted octanol–water partition coefficient (Wildman–Crippen LogP) is 2.22. The Labute approximate surface area is 122 Å². The summed E-state index contributed by atoms with van der Waals surface area (Å²) in [5.74, 6) is -0.177. The van der Waals surface area contributed by atoms with Crippen molar-refractivity contribution in [1.29, 1.82) is 0 Å². The minimum Gasteiger partial charge on any atom is -0.435 e. The lowest BCUT2D eigenvalue weighted by Gasteiger charge is -2.28. The molecule has 1 aliphatic carbocycles. The number of hydrogen-bond donors (Lipinski definition) is 2. The molecule has 0 saturated heterocycles. The zero-order chi connectivity index (χ0) is 15.3. The number of rotatable bonds is 6. The lowest BCUT2D eigenvalue weighted by Crippen LogP contribution is -2.52. The number of halogens is 2. The largest absolute Gasteiger partial charge is 0.435 e. The highest BCUT2D eigenvalue weighted by molar-refractivity contribution is 5.80. The van der Waals surface area contributed by atoms with E-state index in [0.717, 1.165) is 25.7 Å². The number of amides is 1. The molecule has 0 bridgehead atoms. The molecule has 0 radical (unpaired) electrons. The number of nitrogens with one attached hydrogen (secondary N) is 1. The fourth-order valence-corrected chi connectivity index (χ4v) is 2.81. The normalized spacial score (nSPS) is 17.0. The van der Waals surface area contributed by atoms with Crippen LogP contribution in [0.5, 0.6) is 5.75 Å². The summed E-state index contributed by atoms with van der Waals surface area (Å²) in [5.41, 5.74) is 5.87. The zero-order valence-electron chi connectivity index (χ0n) is 11.8. The minimum absolute atomic E-state index is 0.00461. The fourth-order valence-electron chi connectivity index (χ4n) is 2.81. The summed E-state index contributed by atoms with van der Waals surface area (Å²) in [6, 6.07) is 6.33. The Kier molecular flexibility index (Phi) is 5.12. The molecular weight excluding hydrogens is 278 g/mol. The van der Waals surface area contributed by atoms with Gasteiger partial charge in [0, 0.05) is 12.1 Å². The third-order valence-electron chi connectivity index (χ3n) is 3.90. The second kappa shape index (κ2) is 6.85. The van der Waals surface area contributed by atoms with Gasteiger partial charge in [-0.15, -0.1) is 0 Å². The Morgan fingerprint density at radius 3 is 2.62 bits per heavy atom. The van der Waals surface area contributed by atoms with Crippen LogP contribution in [0.1, 0.15) is 31.2 Å². The monoisotopic (exact) mass is 298 g/mol. The highest BCUT2D eigenvalue weighted by Gasteiger charge is 2.33. The lowest BCUT2D eigenvalue weighted by molar-refractivity contribution is -0.122. The predicted molar refractivity (Wildman–Crippen MR) is 75.2 cm³/mol. The lowest BCUT2D eigenvalue weighted by atomic mass is 9.97. The van der Waals surface area contributed by atoms with E-state index in [-0.39, 0.29) is 23.6 Å². The maximum absolute atomic E-state index is 12.3. The molecule has 1 aromatic carbocycles. The van der Waals surface area contributed by atoms with Crippen LogP contribution in [0.3, 0.4) is 0 Å². The number of carbonyl (C=O) groups excluding carboxylic acids is 1. The van der Waals surface area contributed by atoms with Gasteiger partial charge in [-0.25, -0.2) is 0 Å². The van der Waals surface area contributed by atoms with Crippen LogP contribution in [0.2, 0.25) is 0 Å². The number of nitrogens with two attached hydrogens (primary N) is 1. The van der Waals surface area contributed by atoms with Gasteiger partial charge in [-0.3, -0.25) is 4.79 Å². The summed E-state index contributed by atoms with van der Waals surface area (Å²) in [5, 5.41) is 2.96. The number of hydrogen-bond acceptors (Lipinski definition) is 3. The highest BCUT2D eigenvalue weighted by Crippen LogP contribution is 2.29. The van der Waals surface area contributed by atoms with Crippen molar-refractivity contribution in [1.82, 2.24) is 5.32 Å². The number of carbonyl (C=O) groups is 1. The third kappa shape index (κ3) is 4.14. The number of benzene rings is 1. The summed E-state index contributed by atoms with van der Waals surface area (Å²) in [7, 11) is 0. The summed E-state index contributed by atoms with van der Waals surface area (Å²) in [4.78, 5) is 12.2. The summed E-state index contributed by atoms with van der Waals surface area (Å²) < 4.78 is 29.1. The van der Waals surface area contributed by atoms with Crippen LogP contribution in [-0.2, 0) is 11.2 Å². The van der Waals surface area contributed by atoms with Crippen LogP contribution in [0, 0.1) is 0 Å². The van der Waals surface area contributed by atoms with E-state index in [1.54, 1.807) is 18.2 Å². The van der Waals surface area contributed by atoms with E-state index < -0.39 is 6.61 Å². The fraction of sp³-hybridized carbons (Fsp3) is 0.533. The average Bonchev–Trinajstić information content (AvgIpc) is 2.89. The van der Waals surface area contributed by atoms with E-state index in [9.17, 15) is 13.6 Å². The molecule has 6 heteroatoms. The van der Waals surface area contributed by atoms with Gasteiger partial charge in [0.2, 0.25) is 5.91 Å². The number of para-hydroxylation sites is 1. The van der Waals surface area contributed by atoms with Gasteiger partial charge in [-0.05, 0) is 18.9 Å². The van der Waals surface area contributed by atoms with E-state index in [1.165, 1.54) is 6.07 Å². The highest BCUT2D eigenvalue weighted by atomic mass is 19.3. The molecule has 0 spiro atoms. The molecule has 3 N–H and O–H groups in total. The van der Waals surface area contributed by atoms with Crippen molar-refractivity contribution in [3.05, 3.63) is 29.8 Å². The molecule has 21 heavy (non-hydrogen) atoms. The van der Waals surface area contributed by atoms with Gasteiger partial charge >= 0.3 is 6.61 Å². The topological polar surface area (TPSA) is 64.3 Å². The van der Waals surface area contributed by atoms with Crippen molar-refractivity contribution in [3.63, 3.8) is 0 Å². The third-order valence-corrected chi connectivity index (χ3v) is 3.90. The Morgan fingerprint density at radius 2 is 2.00 bits per heavy atom. The molecule has 0 aromatic heterocycles. The van der Waals surface area contributed by atoms with E-state index in [4.69, 9.17) is 5.73 Å². The molecule has 116 valence electrons. The summed E-state index contributed by atoms with van der Waals surface area (Å²) in [6.45, 7) is -2.51. The maximum Gasteiger partial charge on any atom is 0.387 e. The van der Waals surface area contributed by atoms with Crippen LogP contribution in [0.25, 0.3) is 0 Å². The first-order valence-electron chi connectivity index (χ1n) is 7.08. The molecule has 0 atom stereocenters. The quantitative estimate of drug-likeness (QED) is 0.846. The second-order valence-electron chi connectivity index (χ2n) is 5.40. The zero-order valence-corrected chi connectivity index (χ0v) is 11.8. The van der Waals surface area contributed by atoms with Gasteiger partial charge in [0.05, 0.1) is 12.0 Å². The molecule has 0 heterocycles. The van der Waals surface area contributed by atoms with Gasteiger partial charge in [-0.1, -0.05) is 31.0 Å². The first kappa shape index (κ1) is 15.7. The van der Waals surface area contributed by atoms with Crippen LogP contribution >= 0.6 is 0 Å². The van der Waals surface area contributed by atoms with E-state index in [2.05, 4.69) is 10.1 Å². The van der Waals surface area contributed by atoms with Gasteiger partial charge in [0.15, 0.2) is 0 Å². The van der Waals surface area contributed by atoms with Crippen molar-refractivity contribution < 1.29 is 18.3 Å². The molecule has 1 aliphatic rings. The van der Waals surface area contributed by atoms with Crippen molar-refractivity contribution in [2.24, 2.45) is 5.73 Å². The standard InChI is InChI=1S/C15H20F2N2O2/c16-14(17)21-12-6-2-1-5-11(12)9-13(20)19-15(10-18)7-3-4-8-15/h1-2,5-6,14H,3-4,7-10,18H2,(H,19,20). The molecule has 2 rings (SSSR count). The van der Waals surface area contributed by atoms with Crippen molar-refractivity contribution in [3.8, 4) is 5.75 Å². The van der Waals surface area contributed by atoms with Crippen molar-refractivity contribution in [2.75, 3.05) is 6.54 Å². The van der Waals surface area contributed by atoms with Gasteiger partial charge in [0.1, 0.15) is 5.75 Å². The maximum atomic E-state index is 12.3. The van der Waals surface area contributed by atoms with Crippen molar-refractivity contribution in [2.45, 2.75) is 44.3 Å². The minimum atomic E-state index is -2.90. The van der Waals surface area contributed by atoms with Crippen LogP contribution in [0.15, 0.2) is 24.3 Å². The van der Waals surface area contributed by atoms with Gasteiger partial charge in [-0.2, -0.15) is 8.78 Å². The van der Waals surface area contributed by atoms with Crippen LogP contribution in [-0.4, -0.2) is 24.6 Å². The van der Waals surface area contributed by atoms with E-state index in [1.807, 2.05) is 0 Å². The number of ether oxygens (including phenoxy) is 1. The molecule has 0 aliphatic heterocycles. The van der Waals surface area contributed by atoms with Crippen LogP contribution < -0.4 is 15.8 Å². The molecule has 1 aromatic rings. The molecule has 1 fully saturated rings. The molecule has 4 nitrogen and oxygen atoms in total. The smallest absolute Gasteiger partial charge is 0.387 e. The molecule has 1 amide bonds. The Morgan fingerprint density at radius 1 is 1.33 bits per heavy atom. The van der Waals surface area contributed by atoms with Crippen LogP contribution in [0.4, 0.5) is 8.78 Å². The Hall–Kier alpha value is -1.69. The van der Waals surface area contributed by atoms with Gasteiger partial charge in [0.25, 0.3) is 0 Å². The molecular formula is C15H20F2N2O2. The van der Waals surface area contributed by atoms with E-state index >= 15 is 0 Å². The average molecular weight is 298 g/mol. The summed E-state index contributed by atoms with van der Waals surface area (Å²) in [6.07, 6.45) is 3.82. The Balaban J connectivity index is 2.02. The van der Waals surface area contributed by atoms with Crippen molar-refractivity contribution >= 4 is 5.91 Å². The summed E-state index contributed by atoms with van der Waals surface area (Å²) >= 11 is 0.